The number of likely N-dealkylation sites (tertiary alicyclic amines) is 1. The van der Waals surface area contributed by atoms with Crippen molar-refractivity contribution in [2.24, 2.45) is 5.92 Å². The average Bonchev–Trinajstić information content (AvgIpc) is 2.78. The largest absolute Gasteiger partial charge is 0.356 e. The van der Waals surface area contributed by atoms with E-state index in [4.69, 9.17) is 0 Å². The standard InChI is InChI=1S/C23H36N4O5S/c1-4-5-6-7-14-24-22(29)19-9-8-15-27(16-19)23(30)17(2)26-33(31,32)21-12-10-20(11-13-21)25-18(3)28/h10-13,17,19,26H,4-9,14-16H2,1-3H3,(H,24,29)(H,25,28)/t17-,19?/m0/s1. The Bertz CT molecular complexity index is 917. The molecule has 10 heteroatoms. The smallest absolute Gasteiger partial charge is 0.241 e. The lowest BCUT2D eigenvalue weighted by Gasteiger charge is -2.33. The highest BCUT2D eigenvalue weighted by molar-refractivity contribution is 7.89. The zero-order valence-corrected chi connectivity index (χ0v) is 20.5. The Kier molecular flexibility index (Phi) is 10.3. The third-order valence-electron chi connectivity index (χ3n) is 5.62. The van der Waals surface area contributed by atoms with E-state index in [-0.39, 0.29) is 35.1 Å². The number of benzene rings is 1. The SMILES string of the molecule is CCCCCCNC(=O)C1CCCN(C(=O)[C@H](C)NS(=O)(=O)c2ccc(NC(C)=O)cc2)C1. The van der Waals surface area contributed by atoms with E-state index in [0.29, 0.717) is 31.6 Å². The molecule has 184 valence electrons. The summed E-state index contributed by atoms with van der Waals surface area (Å²) in [6, 6.07) is 4.73. The van der Waals surface area contributed by atoms with Crippen LogP contribution < -0.4 is 15.4 Å². The van der Waals surface area contributed by atoms with Gasteiger partial charge in [0, 0.05) is 32.2 Å². The van der Waals surface area contributed by atoms with Crippen molar-refractivity contribution in [2.75, 3.05) is 25.0 Å². The maximum absolute atomic E-state index is 12.9. The van der Waals surface area contributed by atoms with Gasteiger partial charge in [0.05, 0.1) is 16.9 Å². The minimum Gasteiger partial charge on any atom is -0.356 e. The number of carbonyl (C=O) groups excluding carboxylic acids is 3. The van der Waals surface area contributed by atoms with Crippen LogP contribution in [-0.4, -0.2) is 56.7 Å². The number of nitrogens with one attached hydrogen (secondary N) is 3. The third-order valence-corrected chi connectivity index (χ3v) is 7.18. The Labute approximate surface area is 196 Å². The summed E-state index contributed by atoms with van der Waals surface area (Å²) in [4.78, 5) is 38.1. The molecule has 1 aromatic rings. The predicted molar refractivity (Wildman–Crippen MR) is 127 cm³/mol. The Morgan fingerprint density at radius 2 is 1.82 bits per heavy atom. The van der Waals surface area contributed by atoms with Crippen molar-refractivity contribution in [1.82, 2.24) is 14.9 Å². The van der Waals surface area contributed by atoms with Crippen LogP contribution in [-0.2, 0) is 24.4 Å². The first-order valence-corrected chi connectivity index (χ1v) is 13.1. The highest BCUT2D eigenvalue weighted by Crippen LogP contribution is 2.19. The van der Waals surface area contributed by atoms with Crippen molar-refractivity contribution in [1.29, 1.82) is 0 Å². The number of piperidine rings is 1. The molecule has 1 fully saturated rings. The maximum atomic E-state index is 12.9. The number of carbonyl (C=O) groups is 3. The van der Waals surface area contributed by atoms with Crippen molar-refractivity contribution in [2.45, 2.75) is 70.2 Å². The van der Waals surface area contributed by atoms with Crippen LogP contribution >= 0.6 is 0 Å². The molecule has 1 aliphatic rings. The van der Waals surface area contributed by atoms with Gasteiger partial charge >= 0.3 is 0 Å². The van der Waals surface area contributed by atoms with E-state index >= 15 is 0 Å². The van der Waals surface area contributed by atoms with Gasteiger partial charge < -0.3 is 15.5 Å². The van der Waals surface area contributed by atoms with Crippen LogP contribution in [0.1, 0.15) is 59.3 Å². The van der Waals surface area contributed by atoms with Gasteiger partial charge in [-0.25, -0.2) is 8.42 Å². The molecular weight excluding hydrogens is 444 g/mol. The fourth-order valence-electron chi connectivity index (χ4n) is 3.84. The number of sulfonamides is 1. The minimum atomic E-state index is -3.93. The van der Waals surface area contributed by atoms with Gasteiger partial charge in [-0.15, -0.1) is 0 Å². The minimum absolute atomic E-state index is 0.00442. The van der Waals surface area contributed by atoms with Gasteiger partial charge in [-0.3, -0.25) is 14.4 Å². The van der Waals surface area contributed by atoms with Crippen LogP contribution in [0.5, 0.6) is 0 Å². The first-order valence-electron chi connectivity index (χ1n) is 11.6. The molecule has 1 aromatic carbocycles. The van der Waals surface area contributed by atoms with E-state index in [2.05, 4.69) is 22.3 Å². The number of hydrogen-bond donors (Lipinski definition) is 3. The molecular formula is C23H36N4O5S. The van der Waals surface area contributed by atoms with Crippen LogP contribution in [0.3, 0.4) is 0 Å². The van der Waals surface area contributed by atoms with Crippen molar-refractivity contribution in [3.05, 3.63) is 24.3 Å². The molecule has 0 radical (unpaired) electrons. The van der Waals surface area contributed by atoms with E-state index in [0.717, 1.165) is 25.7 Å². The molecule has 3 N–H and O–H groups in total. The van der Waals surface area contributed by atoms with Gasteiger partial charge in [-0.2, -0.15) is 4.72 Å². The molecule has 2 rings (SSSR count). The van der Waals surface area contributed by atoms with Crippen molar-refractivity contribution in [3.63, 3.8) is 0 Å². The summed E-state index contributed by atoms with van der Waals surface area (Å²) in [6.45, 7) is 6.43. The summed E-state index contributed by atoms with van der Waals surface area (Å²) in [5.74, 6) is -0.933. The van der Waals surface area contributed by atoms with E-state index in [1.54, 1.807) is 4.90 Å². The third kappa shape index (κ3) is 8.43. The number of nitrogens with zero attached hydrogens (tertiary/aromatic N) is 1. The number of amides is 3. The van der Waals surface area contributed by atoms with Crippen molar-refractivity contribution in [3.8, 4) is 0 Å². The summed E-state index contributed by atoms with van der Waals surface area (Å²) < 4.78 is 27.8. The molecule has 2 atom stereocenters. The summed E-state index contributed by atoms with van der Waals surface area (Å²) in [5.41, 5.74) is 0.480. The summed E-state index contributed by atoms with van der Waals surface area (Å²) in [5, 5.41) is 5.53. The highest BCUT2D eigenvalue weighted by Gasteiger charge is 2.32. The number of unbranched alkanes of at least 4 members (excludes halogenated alkanes) is 3. The maximum Gasteiger partial charge on any atom is 0.241 e. The number of anilines is 1. The lowest BCUT2D eigenvalue weighted by molar-refractivity contribution is -0.136. The Hall–Kier alpha value is -2.46. The highest BCUT2D eigenvalue weighted by atomic mass is 32.2. The molecule has 33 heavy (non-hydrogen) atoms. The van der Waals surface area contributed by atoms with Gasteiger partial charge in [0.25, 0.3) is 0 Å². The lowest BCUT2D eigenvalue weighted by atomic mass is 9.96. The molecule has 0 aliphatic carbocycles. The second-order valence-corrected chi connectivity index (χ2v) is 10.2. The van der Waals surface area contributed by atoms with Gasteiger partial charge in [0.15, 0.2) is 0 Å². The molecule has 1 saturated heterocycles. The first kappa shape index (κ1) is 26.8. The molecule has 1 heterocycles. The fourth-order valence-corrected chi connectivity index (χ4v) is 5.04. The second-order valence-electron chi connectivity index (χ2n) is 8.52. The van der Waals surface area contributed by atoms with Gasteiger partial charge in [-0.05, 0) is 50.5 Å². The van der Waals surface area contributed by atoms with Gasteiger partial charge in [-0.1, -0.05) is 26.2 Å². The Morgan fingerprint density at radius 3 is 2.45 bits per heavy atom. The normalized spacial score (nSPS) is 17.3. The predicted octanol–water partition coefficient (Wildman–Crippen LogP) is 2.25. The van der Waals surface area contributed by atoms with Crippen molar-refractivity contribution < 1.29 is 22.8 Å². The lowest BCUT2D eigenvalue weighted by Crippen LogP contribution is -2.52. The first-order chi connectivity index (χ1) is 15.6. The zero-order chi connectivity index (χ0) is 24.4. The quantitative estimate of drug-likeness (QED) is 0.419. The Balaban J connectivity index is 1.91. The fraction of sp³-hybridized carbons (Fsp3) is 0.609. The molecule has 3 amide bonds. The van der Waals surface area contributed by atoms with Crippen LogP contribution in [0, 0.1) is 5.92 Å². The number of hydrogen-bond acceptors (Lipinski definition) is 5. The van der Waals surface area contributed by atoms with E-state index in [9.17, 15) is 22.8 Å². The molecule has 0 spiro atoms. The van der Waals surface area contributed by atoms with Crippen molar-refractivity contribution >= 4 is 33.4 Å². The second kappa shape index (κ2) is 12.7. The average molecular weight is 481 g/mol. The summed E-state index contributed by atoms with van der Waals surface area (Å²) in [7, 11) is -3.93. The van der Waals surface area contributed by atoms with Crippen LogP contribution in [0.2, 0.25) is 0 Å². The van der Waals surface area contributed by atoms with Gasteiger partial charge in [0.1, 0.15) is 0 Å². The summed E-state index contributed by atoms with van der Waals surface area (Å²) >= 11 is 0. The van der Waals surface area contributed by atoms with Crippen LogP contribution in [0.15, 0.2) is 29.2 Å². The number of rotatable bonds is 11. The van der Waals surface area contributed by atoms with E-state index in [1.165, 1.54) is 38.1 Å². The van der Waals surface area contributed by atoms with Crippen LogP contribution in [0.25, 0.3) is 0 Å². The molecule has 9 nitrogen and oxygen atoms in total. The zero-order valence-electron chi connectivity index (χ0n) is 19.7. The molecule has 0 saturated carbocycles. The van der Waals surface area contributed by atoms with Crippen LogP contribution in [0.4, 0.5) is 5.69 Å². The van der Waals surface area contributed by atoms with E-state index in [1.807, 2.05) is 0 Å². The van der Waals surface area contributed by atoms with E-state index < -0.39 is 16.1 Å². The van der Waals surface area contributed by atoms with Gasteiger partial charge in [0.2, 0.25) is 27.7 Å². The molecule has 0 bridgehead atoms. The molecule has 0 aromatic heterocycles. The topological polar surface area (TPSA) is 125 Å². The molecule has 1 aliphatic heterocycles. The Morgan fingerprint density at radius 1 is 1.12 bits per heavy atom. The summed E-state index contributed by atoms with van der Waals surface area (Å²) in [6.07, 6.45) is 5.72. The molecule has 1 unspecified atom stereocenters. The monoisotopic (exact) mass is 480 g/mol.